The molecule has 8 heteroatoms. The summed E-state index contributed by atoms with van der Waals surface area (Å²) in [4.78, 5) is 36.7. The summed E-state index contributed by atoms with van der Waals surface area (Å²) in [6, 6.07) is 18.8. The van der Waals surface area contributed by atoms with Gasteiger partial charge < -0.3 is 15.7 Å². The van der Waals surface area contributed by atoms with Gasteiger partial charge in [-0.2, -0.15) is 5.10 Å². The number of hydrogen-bond acceptors (Lipinski definition) is 4. The number of benzene rings is 2. The van der Waals surface area contributed by atoms with Crippen molar-refractivity contribution in [2.24, 2.45) is 5.92 Å². The SMILES string of the molecule is CC(C)C[C@@H](CC(=O)O)NC(=O)c1cc(NC(=O)c2ccccc2)n(-c2ccccc2)n1. The molecule has 0 aliphatic rings. The summed E-state index contributed by atoms with van der Waals surface area (Å²) < 4.78 is 1.48. The van der Waals surface area contributed by atoms with Gasteiger partial charge in [0.15, 0.2) is 5.69 Å². The maximum Gasteiger partial charge on any atom is 0.305 e. The summed E-state index contributed by atoms with van der Waals surface area (Å²) >= 11 is 0. The van der Waals surface area contributed by atoms with Crippen molar-refractivity contribution >= 4 is 23.6 Å². The Labute approximate surface area is 186 Å². The van der Waals surface area contributed by atoms with Gasteiger partial charge in [-0.25, -0.2) is 4.68 Å². The first-order valence-electron chi connectivity index (χ1n) is 10.4. The second kappa shape index (κ2) is 10.4. The largest absolute Gasteiger partial charge is 0.481 e. The fourth-order valence-electron chi connectivity index (χ4n) is 3.36. The van der Waals surface area contributed by atoms with Gasteiger partial charge in [0, 0.05) is 17.7 Å². The van der Waals surface area contributed by atoms with E-state index in [0.29, 0.717) is 23.5 Å². The first-order chi connectivity index (χ1) is 15.3. The third kappa shape index (κ3) is 6.04. The molecule has 0 unspecified atom stereocenters. The zero-order chi connectivity index (χ0) is 23.1. The van der Waals surface area contributed by atoms with E-state index in [1.807, 2.05) is 38.1 Å². The van der Waals surface area contributed by atoms with E-state index in [2.05, 4.69) is 15.7 Å². The quantitative estimate of drug-likeness (QED) is 0.475. The van der Waals surface area contributed by atoms with Gasteiger partial charge >= 0.3 is 5.97 Å². The van der Waals surface area contributed by atoms with Crippen LogP contribution >= 0.6 is 0 Å². The molecule has 0 spiro atoms. The fraction of sp³-hybridized carbons (Fsp3) is 0.250. The van der Waals surface area contributed by atoms with Gasteiger partial charge in [-0.15, -0.1) is 0 Å². The number of anilines is 1. The number of carbonyl (C=O) groups is 3. The van der Waals surface area contributed by atoms with Crippen molar-refractivity contribution < 1.29 is 19.5 Å². The predicted molar refractivity (Wildman–Crippen MR) is 121 cm³/mol. The molecule has 0 fully saturated rings. The maximum absolute atomic E-state index is 12.9. The lowest BCUT2D eigenvalue weighted by Gasteiger charge is -2.18. The number of aromatic nitrogens is 2. The van der Waals surface area contributed by atoms with E-state index in [9.17, 15) is 14.4 Å². The molecule has 0 saturated heterocycles. The molecule has 166 valence electrons. The second-order valence-corrected chi connectivity index (χ2v) is 7.88. The smallest absolute Gasteiger partial charge is 0.305 e. The lowest BCUT2D eigenvalue weighted by Crippen LogP contribution is -2.37. The Balaban J connectivity index is 1.89. The number of rotatable bonds is 9. The highest BCUT2D eigenvalue weighted by atomic mass is 16.4. The van der Waals surface area contributed by atoms with Crippen LogP contribution in [0.25, 0.3) is 5.69 Å². The Morgan fingerprint density at radius 2 is 1.59 bits per heavy atom. The Morgan fingerprint density at radius 1 is 0.969 bits per heavy atom. The zero-order valence-corrected chi connectivity index (χ0v) is 18.0. The number of nitrogens with zero attached hydrogens (tertiary/aromatic N) is 2. The van der Waals surface area contributed by atoms with Crippen molar-refractivity contribution in [3.8, 4) is 5.69 Å². The lowest BCUT2D eigenvalue weighted by molar-refractivity contribution is -0.137. The summed E-state index contributed by atoms with van der Waals surface area (Å²) in [6.07, 6.45) is 0.343. The molecule has 0 aliphatic heterocycles. The van der Waals surface area contributed by atoms with Gasteiger partial charge in [0.25, 0.3) is 11.8 Å². The van der Waals surface area contributed by atoms with E-state index in [1.165, 1.54) is 10.7 Å². The number of carbonyl (C=O) groups excluding carboxylic acids is 2. The van der Waals surface area contributed by atoms with Crippen LogP contribution in [-0.2, 0) is 4.79 Å². The molecule has 1 atom stereocenters. The van der Waals surface area contributed by atoms with E-state index in [0.717, 1.165) is 0 Å². The van der Waals surface area contributed by atoms with Gasteiger partial charge in [0.05, 0.1) is 12.1 Å². The fourth-order valence-corrected chi connectivity index (χ4v) is 3.36. The summed E-state index contributed by atoms with van der Waals surface area (Å²) in [5, 5.41) is 19.1. The minimum absolute atomic E-state index is 0.0800. The van der Waals surface area contributed by atoms with E-state index in [-0.39, 0.29) is 23.9 Å². The molecule has 0 aliphatic carbocycles. The normalized spacial score (nSPS) is 11.7. The molecule has 0 radical (unpaired) electrons. The highest BCUT2D eigenvalue weighted by Gasteiger charge is 2.22. The topological polar surface area (TPSA) is 113 Å². The summed E-state index contributed by atoms with van der Waals surface area (Å²) in [5.74, 6) is -1.28. The highest BCUT2D eigenvalue weighted by Crippen LogP contribution is 2.19. The van der Waals surface area contributed by atoms with Crippen LogP contribution in [0.15, 0.2) is 66.7 Å². The number of amides is 2. The Kier molecular flexibility index (Phi) is 7.38. The molecule has 1 heterocycles. The first-order valence-corrected chi connectivity index (χ1v) is 10.4. The Bertz CT molecular complexity index is 1080. The summed E-state index contributed by atoms with van der Waals surface area (Å²) in [6.45, 7) is 3.92. The number of carboxylic acid groups (broad SMARTS) is 1. The molecule has 0 bridgehead atoms. The zero-order valence-electron chi connectivity index (χ0n) is 18.0. The molecule has 32 heavy (non-hydrogen) atoms. The van der Waals surface area contributed by atoms with E-state index >= 15 is 0 Å². The van der Waals surface area contributed by atoms with Gasteiger partial charge in [-0.05, 0) is 36.6 Å². The molecule has 8 nitrogen and oxygen atoms in total. The average Bonchev–Trinajstić information content (AvgIpc) is 3.18. The molecule has 1 aromatic heterocycles. The molecular weight excluding hydrogens is 408 g/mol. The Morgan fingerprint density at radius 3 is 2.19 bits per heavy atom. The van der Waals surface area contributed by atoms with Gasteiger partial charge in [-0.1, -0.05) is 50.2 Å². The van der Waals surface area contributed by atoms with Crippen molar-refractivity contribution in [1.29, 1.82) is 0 Å². The number of para-hydroxylation sites is 1. The van der Waals surface area contributed by atoms with Crippen LogP contribution in [0.3, 0.4) is 0 Å². The van der Waals surface area contributed by atoms with Crippen molar-refractivity contribution in [3.63, 3.8) is 0 Å². The molecular formula is C24H26N4O4. The monoisotopic (exact) mass is 434 g/mol. The minimum Gasteiger partial charge on any atom is -0.481 e. The molecule has 3 rings (SSSR count). The van der Waals surface area contributed by atoms with Gasteiger partial charge in [0.2, 0.25) is 0 Å². The summed E-state index contributed by atoms with van der Waals surface area (Å²) in [7, 11) is 0. The summed E-state index contributed by atoms with van der Waals surface area (Å²) in [5.41, 5.74) is 1.22. The minimum atomic E-state index is -0.985. The second-order valence-electron chi connectivity index (χ2n) is 7.88. The van der Waals surface area contributed by atoms with Crippen LogP contribution in [0, 0.1) is 5.92 Å². The van der Waals surface area contributed by atoms with Crippen LogP contribution in [0.2, 0.25) is 0 Å². The first kappa shape index (κ1) is 22.7. The number of aliphatic carboxylic acids is 1. The average molecular weight is 434 g/mol. The maximum atomic E-state index is 12.9. The third-order valence-corrected chi connectivity index (χ3v) is 4.73. The predicted octanol–water partition coefficient (Wildman–Crippen LogP) is 3.74. The van der Waals surface area contributed by atoms with Crippen molar-refractivity contribution in [3.05, 3.63) is 78.0 Å². The van der Waals surface area contributed by atoms with Crippen LogP contribution < -0.4 is 10.6 Å². The third-order valence-electron chi connectivity index (χ3n) is 4.73. The number of carboxylic acids is 1. The van der Waals surface area contributed by atoms with Gasteiger partial charge in [-0.3, -0.25) is 14.4 Å². The van der Waals surface area contributed by atoms with E-state index in [4.69, 9.17) is 5.11 Å². The van der Waals surface area contributed by atoms with Gasteiger partial charge in [0.1, 0.15) is 5.82 Å². The van der Waals surface area contributed by atoms with Crippen molar-refractivity contribution in [2.45, 2.75) is 32.7 Å². The number of hydrogen-bond donors (Lipinski definition) is 3. The number of nitrogens with one attached hydrogen (secondary N) is 2. The standard InChI is InChI=1S/C24H26N4O4/c1-16(2)13-18(14-22(29)30)25-24(32)20-15-21(26-23(31)17-9-5-3-6-10-17)28(27-20)19-11-7-4-8-12-19/h3-12,15-16,18H,13-14H2,1-2H3,(H,25,32)(H,26,31)(H,29,30)/t18-/m0/s1. The lowest BCUT2D eigenvalue weighted by atomic mass is 10.0. The van der Waals surface area contributed by atoms with Crippen molar-refractivity contribution in [1.82, 2.24) is 15.1 Å². The van der Waals surface area contributed by atoms with Crippen LogP contribution in [0.4, 0.5) is 5.82 Å². The van der Waals surface area contributed by atoms with Crippen LogP contribution in [0.1, 0.15) is 47.5 Å². The van der Waals surface area contributed by atoms with Crippen LogP contribution in [0.5, 0.6) is 0 Å². The molecule has 3 aromatic rings. The molecule has 0 saturated carbocycles. The van der Waals surface area contributed by atoms with Crippen molar-refractivity contribution in [2.75, 3.05) is 5.32 Å². The highest BCUT2D eigenvalue weighted by molar-refractivity contribution is 6.04. The Hall–Kier alpha value is -3.94. The van der Waals surface area contributed by atoms with Crippen LogP contribution in [-0.4, -0.2) is 38.7 Å². The molecule has 2 aromatic carbocycles. The molecule has 3 N–H and O–H groups in total. The van der Waals surface area contributed by atoms with E-state index in [1.54, 1.807) is 36.4 Å². The molecule has 2 amide bonds. The van der Waals surface area contributed by atoms with E-state index < -0.39 is 17.9 Å².